The number of nitrogens with one attached hydrogen (secondary N) is 1. The lowest BCUT2D eigenvalue weighted by atomic mass is 9.88. The van der Waals surface area contributed by atoms with Gasteiger partial charge >= 0.3 is 5.97 Å². The van der Waals surface area contributed by atoms with E-state index in [2.05, 4.69) is 17.4 Å². The lowest BCUT2D eigenvalue weighted by Gasteiger charge is -2.26. The average molecular weight is 303 g/mol. The summed E-state index contributed by atoms with van der Waals surface area (Å²) >= 11 is 0. The zero-order chi connectivity index (χ0) is 15.4. The van der Waals surface area contributed by atoms with Gasteiger partial charge in [0, 0.05) is 6.61 Å². The van der Waals surface area contributed by atoms with Gasteiger partial charge in [-0.05, 0) is 43.2 Å². The molecule has 0 unspecified atom stereocenters. The second-order valence-electron chi connectivity index (χ2n) is 5.82. The van der Waals surface area contributed by atoms with Crippen molar-refractivity contribution in [2.24, 2.45) is 0 Å². The van der Waals surface area contributed by atoms with E-state index in [-0.39, 0.29) is 18.6 Å². The van der Waals surface area contributed by atoms with Crippen molar-refractivity contribution in [2.45, 2.75) is 44.2 Å². The smallest absolute Gasteiger partial charge is 0.335 e. The van der Waals surface area contributed by atoms with Crippen molar-refractivity contribution in [3.8, 4) is 0 Å². The summed E-state index contributed by atoms with van der Waals surface area (Å²) < 4.78 is 10.3. The number of hydrogen-bond donors (Lipinski definition) is 1. The van der Waals surface area contributed by atoms with Crippen molar-refractivity contribution < 1.29 is 19.1 Å². The molecular formula is C17H21NO4. The molecule has 1 aromatic carbocycles. The minimum Gasteiger partial charge on any atom is -0.454 e. The van der Waals surface area contributed by atoms with Gasteiger partial charge < -0.3 is 14.8 Å². The van der Waals surface area contributed by atoms with Gasteiger partial charge in [0.05, 0.1) is 6.04 Å². The van der Waals surface area contributed by atoms with Crippen LogP contribution in [0.5, 0.6) is 0 Å². The molecule has 1 aliphatic carbocycles. The van der Waals surface area contributed by atoms with Gasteiger partial charge in [0.2, 0.25) is 0 Å². The van der Waals surface area contributed by atoms with E-state index < -0.39 is 12.1 Å². The molecule has 0 aromatic heterocycles. The molecular weight excluding hydrogens is 282 g/mol. The van der Waals surface area contributed by atoms with Crippen molar-refractivity contribution in [1.82, 2.24) is 5.32 Å². The Kier molecular flexibility index (Phi) is 4.73. The summed E-state index contributed by atoms with van der Waals surface area (Å²) in [5, 5.41) is 2.96. The van der Waals surface area contributed by atoms with Gasteiger partial charge in [0.15, 0.2) is 12.7 Å². The Labute approximate surface area is 130 Å². The molecule has 1 aliphatic heterocycles. The first-order valence-corrected chi connectivity index (χ1v) is 7.89. The highest BCUT2D eigenvalue weighted by molar-refractivity contribution is 5.82. The predicted octanol–water partition coefficient (Wildman–Crippen LogP) is 1.90. The van der Waals surface area contributed by atoms with Crippen molar-refractivity contribution in [2.75, 3.05) is 13.2 Å². The Bertz CT molecular complexity index is 551. The van der Waals surface area contributed by atoms with Gasteiger partial charge in [-0.3, -0.25) is 4.79 Å². The number of aryl methyl sites for hydroxylation is 1. The number of ether oxygens (including phenoxy) is 2. The van der Waals surface area contributed by atoms with E-state index in [0.717, 1.165) is 25.7 Å². The number of amides is 1. The van der Waals surface area contributed by atoms with Crippen LogP contribution >= 0.6 is 0 Å². The molecule has 2 atom stereocenters. The first-order chi connectivity index (χ1) is 10.7. The molecule has 1 saturated heterocycles. The standard InChI is InChI=1S/C17H21NO4/c19-16(11-22-17(20)15-9-4-10-21-15)18-14-8-3-6-12-5-1-2-7-13(12)14/h1-2,5,7,14-15H,3-4,6,8-11H2,(H,18,19)/t14-,15+/m0/s1. The number of esters is 1. The quantitative estimate of drug-likeness (QED) is 0.863. The fourth-order valence-electron chi connectivity index (χ4n) is 3.13. The summed E-state index contributed by atoms with van der Waals surface area (Å²) in [7, 11) is 0. The maximum Gasteiger partial charge on any atom is 0.335 e. The van der Waals surface area contributed by atoms with Crippen LogP contribution in [0.2, 0.25) is 0 Å². The molecule has 0 radical (unpaired) electrons. The highest BCUT2D eigenvalue weighted by atomic mass is 16.6. The first kappa shape index (κ1) is 15.0. The molecule has 3 rings (SSSR count). The molecule has 1 aromatic rings. The molecule has 1 N–H and O–H groups in total. The normalized spacial score (nSPS) is 23.6. The lowest BCUT2D eigenvalue weighted by Crippen LogP contribution is -2.35. The van der Waals surface area contributed by atoms with Crippen LogP contribution in [0, 0.1) is 0 Å². The molecule has 0 bridgehead atoms. The molecule has 1 fully saturated rings. The molecule has 1 heterocycles. The van der Waals surface area contributed by atoms with E-state index in [0.29, 0.717) is 13.0 Å². The van der Waals surface area contributed by atoms with Crippen LogP contribution in [-0.2, 0) is 25.5 Å². The molecule has 5 nitrogen and oxygen atoms in total. The van der Waals surface area contributed by atoms with E-state index in [9.17, 15) is 9.59 Å². The molecule has 5 heteroatoms. The lowest BCUT2D eigenvalue weighted by molar-refractivity contribution is -0.157. The van der Waals surface area contributed by atoms with Gasteiger partial charge in [-0.15, -0.1) is 0 Å². The van der Waals surface area contributed by atoms with E-state index in [1.165, 1.54) is 11.1 Å². The Morgan fingerprint density at radius 1 is 1.23 bits per heavy atom. The van der Waals surface area contributed by atoms with Gasteiger partial charge in [-0.2, -0.15) is 0 Å². The fourth-order valence-corrected chi connectivity index (χ4v) is 3.13. The zero-order valence-electron chi connectivity index (χ0n) is 12.5. The van der Waals surface area contributed by atoms with Gasteiger partial charge in [-0.25, -0.2) is 4.79 Å². The number of hydrogen-bond acceptors (Lipinski definition) is 4. The molecule has 22 heavy (non-hydrogen) atoms. The van der Waals surface area contributed by atoms with E-state index in [1.807, 2.05) is 12.1 Å². The molecule has 2 aliphatic rings. The summed E-state index contributed by atoms with van der Waals surface area (Å²) in [5.41, 5.74) is 2.46. The van der Waals surface area contributed by atoms with Crippen LogP contribution in [0.25, 0.3) is 0 Å². The molecule has 0 saturated carbocycles. The third kappa shape index (κ3) is 3.47. The Morgan fingerprint density at radius 2 is 2.09 bits per heavy atom. The highest BCUT2D eigenvalue weighted by Crippen LogP contribution is 2.29. The topological polar surface area (TPSA) is 64.6 Å². The summed E-state index contributed by atoms with van der Waals surface area (Å²) in [6.45, 7) is 0.349. The van der Waals surface area contributed by atoms with Crippen molar-refractivity contribution in [3.63, 3.8) is 0 Å². The third-order valence-electron chi connectivity index (χ3n) is 4.24. The Balaban J connectivity index is 1.51. The summed E-state index contributed by atoms with van der Waals surface area (Å²) in [4.78, 5) is 23.7. The monoisotopic (exact) mass is 303 g/mol. The number of carbonyl (C=O) groups excluding carboxylic acids is 2. The van der Waals surface area contributed by atoms with E-state index in [4.69, 9.17) is 9.47 Å². The second-order valence-corrected chi connectivity index (χ2v) is 5.82. The van der Waals surface area contributed by atoms with Crippen LogP contribution in [-0.4, -0.2) is 31.2 Å². The molecule has 118 valence electrons. The average Bonchev–Trinajstić information content (AvgIpc) is 3.07. The summed E-state index contributed by atoms with van der Waals surface area (Å²) in [6, 6.07) is 8.18. The highest BCUT2D eigenvalue weighted by Gasteiger charge is 2.26. The summed E-state index contributed by atoms with van der Waals surface area (Å²) in [5.74, 6) is -0.690. The van der Waals surface area contributed by atoms with Crippen molar-refractivity contribution in [1.29, 1.82) is 0 Å². The van der Waals surface area contributed by atoms with Crippen LogP contribution < -0.4 is 5.32 Å². The number of carbonyl (C=O) groups is 2. The van der Waals surface area contributed by atoms with Gasteiger partial charge in [0.1, 0.15) is 0 Å². The Morgan fingerprint density at radius 3 is 2.91 bits per heavy atom. The molecule has 1 amide bonds. The van der Waals surface area contributed by atoms with Crippen LogP contribution in [0.4, 0.5) is 0 Å². The maximum absolute atomic E-state index is 12.0. The number of benzene rings is 1. The largest absolute Gasteiger partial charge is 0.454 e. The fraction of sp³-hybridized carbons (Fsp3) is 0.529. The zero-order valence-corrected chi connectivity index (χ0v) is 12.5. The maximum atomic E-state index is 12.0. The Hall–Kier alpha value is -1.88. The number of fused-ring (bicyclic) bond motifs is 1. The van der Waals surface area contributed by atoms with Gasteiger partial charge in [-0.1, -0.05) is 24.3 Å². The van der Waals surface area contributed by atoms with Crippen molar-refractivity contribution >= 4 is 11.9 Å². The minimum atomic E-state index is -0.497. The predicted molar refractivity (Wildman–Crippen MR) is 80.2 cm³/mol. The van der Waals surface area contributed by atoms with E-state index in [1.54, 1.807) is 0 Å². The van der Waals surface area contributed by atoms with Crippen molar-refractivity contribution in [3.05, 3.63) is 35.4 Å². The summed E-state index contributed by atoms with van der Waals surface area (Å²) in [6.07, 6.45) is 4.07. The van der Waals surface area contributed by atoms with E-state index >= 15 is 0 Å². The third-order valence-corrected chi connectivity index (χ3v) is 4.24. The molecule has 0 spiro atoms. The first-order valence-electron chi connectivity index (χ1n) is 7.89. The van der Waals surface area contributed by atoms with Crippen LogP contribution in [0.1, 0.15) is 42.9 Å². The van der Waals surface area contributed by atoms with Gasteiger partial charge in [0.25, 0.3) is 5.91 Å². The SMILES string of the molecule is O=C(COC(=O)[C@H]1CCCO1)N[C@H]1CCCc2ccccc21. The van der Waals surface area contributed by atoms with Crippen LogP contribution in [0.15, 0.2) is 24.3 Å². The van der Waals surface area contributed by atoms with Crippen LogP contribution in [0.3, 0.4) is 0 Å². The second kappa shape index (κ2) is 6.92. The minimum absolute atomic E-state index is 0.0129. The number of rotatable bonds is 4.